The highest BCUT2D eigenvalue weighted by Crippen LogP contribution is 2.46. The fourth-order valence-corrected chi connectivity index (χ4v) is 3.18. The third-order valence-electron chi connectivity index (χ3n) is 4.17. The second kappa shape index (κ2) is 4.28. The highest BCUT2D eigenvalue weighted by Gasteiger charge is 2.37. The predicted molar refractivity (Wildman–Crippen MR) is 69.8 cm³/mol. The molecule has 4 nitrogen and oxygen atoms in total. The Bertz CT molecular complexity index is 479. The average Bonchev–Trinajstić information content (AvgIpc) is 2.88. The molecule has 1 aliphatic carbocycles. The Labute approximate surface area is 107 Å². The number of amides is 1. The van der Waals surface area contributed by atoms with Crippen molar-refractivity contribution in [3.63, 3.8) is 0 Å². The maximum Gasteiger partial charge on any atom is 0.262 e. The molecule has 1 heterocycles. The van der Waals surface area contributed by atoms with Gasteiger partial charge < -0.3 is 15.8 Å². The van der Waals surface area contributed by atoms with Crippen molar-refractivity contribution in [1.82, 2.24) is 0 Å². The Morgan fingerprint density at radius 1 is 1.33 bits per heavy atom. The average molecular weight is 246 g/mol. The minimum absolute atomic E-state index is 0.0132. The van der Waals surface area contributed by atoms with Crippen molar-refractivity contribution < 1.29 is 9.53 Å². The fourth-order valence-electron chi connectivity index (χ4n) is 3.18. The minimum atomic E-state index is -0.0832. The summed E-state index contributed by atoms with van der Waals surface area (Å²) in [4.78, 5) is 11.5. The van der Waals surface area contributed by atoms with Crippen LogP contribution in [0.2, 0.25) is 0 Å². The number of nitrogens with two attached hydrogens (primary N) is 1. The summed E-state index contributed by atoms with van der Waals surface area (Å²) in [7, 11) is 0. The summed E-state index contributed by atoms with van der Waals surface area (Å²) in [5.74, 6) is 0.687. The van der Waals surface area contributed by atoms with E-state index in [1.807, 2.05) is 12.1 Å². The van der Waals surface area contributed by atoms with Gasteiger partial charge in [-0.1, -0.05) is 25.0 Å². The largest absolute Gasteiger partial charge is 0.482 e. The molecule has 1 aromatic rings. The van der Waals surface area contributed by atoms with Crippen LogP contribution in [0.1, 0.15) is 31.2 Å². The lowest BCUT2D eigenvalue weighted by Gasteiger charge is -2.32. The van der Waals surface area contributed by atoms with Crippen molar-refractivity contribution in [1.29, 1.82) is 0 Å². The van der Waals surface area contributed by atoms with Gasteiger partial charge in [-0.15, -0.1) is 0 Å². The van der Waals surface area contributed by atoms with E-state index in [4.69, 9.17) is 10.5 Å². The number of benzene rings is 1. The SMILES string of the molecule is NCC1(c2cccc3c2NC(=O)CO3)CCCC1. The highest BCUT2D eigenvalue weighted by molar-refractivity contribution is 5.96. The molecule has 2 aliphatic rings. The lowest BCUT2D eigenvalue weighted by Crippen LogP contribution is -2.35. The smallest absolute Gasteiger partial charge is 0.262 e. The number of nitrogens with one attached hydrogen (secondary N) is 1. The number of carbonyl (C=O) groups excluding carboxylic acids is 1. The van der Waals surface area contributed by atoms with Crippen molar-refractivity contribution in [2.75, 3.05) is 18.5 Å². The van der Waals surface area contributed by atoms with E-state index in [1.54, 1.807) is 0 Å². The number of hydrogen-bond acceptors (Lipinski definition) is 3. The van der Waals surface area contributed by atoms with E-state index < -0.39 is 0 Å². The van der Waals surface area contributed by atoms with Crippen LogP contribution in [0, 0.1) is 0 Å². The molecule has 1 aromatic carbocycles. The molecule has 4 heteroatoms. The summed E-state index contributed by atoms with van der Waals surface area (Å²) in [5, 5.41) is 2.94. The van der Waals surface area contributed by atoms with Crippen LogP contribution in [0.4, 0.5) is 5.69 Å². The summed E-state index contributed by atoms with van der Waals surface area (Å²) in [6.07, 6.45) is 4.59. The number of ether oxygens (including phenoxy) is 1. The van der Waals surface area contributed by atoms with Gasteiger partial charge in [0.05, 0.1) is 5.69 Å². The van der Waals surface area contributed by atoms with Crippen LogP contribution in [0.25, 0.3) is 0 Å². The zero-order valence-corrected chi connectivity index (χ0v) is 10.4. The normalized spacial score (nSPS) is 21.1. The van der Waals surface area contributed by atoms with Crippen molar-refractivity contribution in [3.8, 4) is 5.75 Å². The molecule has 18 heavy (non-hydrogen) atoms. The molecule has 0 atom stereocenters. The van der Waals surface area contributed by atoms with Crippen LogP contribution in [0.15, 0.2) is 18.2 Å². The summed E-state index contributed by atoms with van der Waals surface area (Å²) in [6, 6.07) is 5.96. The van der Waals surface area contributed by atoms with Gasteiger partial charge in [0.15, 0.2) is 6.61 Å². The van der Waals surface area contributed by atoms with E-state index in [9.17, 15) is 4.79 Å². The van der Waals surface area contributed by atoms with Gasteiger partial charge in [0.1, 0.15) is 5.75 Å². The molecule has 0 saturated heterocycles. The van der Waals surface area contributed by atoms with Gasteiger partial charge in [-0.25, -0.2) is 0 Å². The molecular weight excluding hydrogens is 228 g/mol. The Balaban J connectivity index is 2.09. The van der Waals surface area contributed by atoms with Crippen LogP contribution < -0.4 is 15.8 Å². The van der Waals surface area contributed by atoms with Gasteiger partial charge in [0.2, 0.25) is 0 Å². The van der Waals surface area contributed by atoms with E-state index >= 15 is 0 Å². The van der Waals surface area contributed by atoms with Crippen molar-refractivity contribution in [2.45, 2.75) is 31.1 Å². The number of rotatable bonds is 2. The van der Waals surface area contributed by atoms with E-state index in [0.29, 0.717) is 6.54 Å². The van der Waals surface area contributed by atoms with E-state index in [1.165, 1.54) is 12.8 Å². The number of anilines is 1. The molecule has 3 rings (SSSR count). The second-order valence-electron chi connectivity index (χ2n) is 5.21. The Hall–Kier alpha value is -1.55. The van der Waals surface area contributed by atoms with Crippen LogP contribution in [0.5, 0.6) is 5.75 Å². The maximum atomic E-state index is 11.5. The van der Waals surface area contributed by atoms with E-state index in [0.717, 1.165) is 29.8 Å². The Morgan fingerprint density at radius 3 is 2.83 bits per heavy atom. The molecule has 3 N–H and O–H groups in total. The molecule has 0 unspecified atom stereocenters. The van der Waals surface area contributed by atoms with Crippen molar-refractivity contribution >= 4 is 11.6 Å². The van der Waals surface area contributed by atoms with Crippen molar-refractivity contribution in [3.05, 3.63) is 23.8 Å². The highest BCUT2D eigenvalue weighted by atomic mass is 16.5. The fraction of sp³-hybridized carbons (Fsp3) is 0.500. The molecule has 0 spiro atoms. The zero-order valence-electron chi connectivity index (χ0n) is 10.4. The molecule has 1 saturated carbocycles. The first-order valence-corrected chi connectivity index (χ1v) is 6.51. The summed E-state index contributed by atoms with van der Waals surface area (Å²) >= 11 is 0. The first kappa shape index (κ1) is 11.5. The van der Waals surface area contributed by atoms with Crippen molar-refractivity contribution in [2.24, 2.45) is 5.73 Å². The molecule has 1 amide bonds. The molecule has 96 valence electrons. The lowest BCUT2D eigenvalue weighted by atomic mass is 9.78. The van der Waals surface area contributed by atoms with E-state index in [2.05, 4.69) is 11.4 Å². The molecular formula is C14H18N2O2. The number of para-hydroxylation sites is 1. The van der Waals surface area contributed by atoms with Gasteiger partial charge in [0, 0.05) is 12.0 Å². The molecule has 0 bridgehead atoms. The van der Waals surface area contributed by atoms with Gasteiger partial charge in [-0.2, -0.15) is 0 Å². The van der Waals surface area contributed by atoms with Gasteiger partial charge in [-0.05, 0) is 24.5 Å². The maximum absolute atomic E-state index is 11.5. The lowest BCUT2D eigenvalue weighted by molar-refractivity contribution is -0.118. The standard InChI is InChI=1S/C14H18N2O2/c15-9-14(6-1-2-7-14)10-4-3-5-11-13(10)16-12(17)8-18-11/h3-5H,1-2,6-9,15H2,(H,16,17). The summed E-state index contributed by atoms with van der Waals surface area (Å²) in [5.41, 5.74) is 8.01. The van der Waals surface area contributed by atoms with Crippen LogP contribution in [0.3, 0.4) is 0 Å². The summed E-state index contributed by atoms with van der Waals surface area (Å²) < 4.78 is 5.47. The van der Waals surface area contributed by atoms with E-state index in [-0.39, 0.29) is 17.9 Å². The molecule has 0 aromatic heterocycles. The van der Waals surface area contributed by atoms with Gasteiger partial charge >= 0.3 is 0 Å². The second-order valence-corrected chi connectivity index (χ2v) is 5.21. The van der Waals surface area contributed by atoms with Gasteiger partial charge in [-0.3, -0.25) is 4.79 Å². The quantitative estimate of drug-likeness (QED) is 0.836. The number of fused-ring (bicyclic) bond motifs is 1. The molecule has 1 fully saturated rings. The molecule has 0 radical (unpaired) electrons. The summed E-state index contributed by atoms with van der Waals surface area (Å²) in [6.45, 7) is 0.728. The monoisotopic (exact) mass is 246 g/mol. The number of hydrogen-bond donors (Lipinski definition) is 2. The number of carbonyl (C=O) groups is 1. The first-order chi connectivity index (χ1) is 8.75. The Morgan fingerprint density at radius 2 is 2.11 bits per heavy atom. The van der Waals surface area contributed by atoms with Crippen LogP contribution >= 0.6 is 0 Å². The van der Waals surface area contributed by atoms with Crippen LogP contribution in [-0.4, -0.2) is 19.1 Å². The zero-order chi connectivity index (χ0) is 12.6. The molecule has 1 aliphatic heterocycles. The third-order valence-corrected chi connectivity index (χ3v) is 4.17. The Kier molecular flexibility index (Phi) is 2.74. The van der Waals surface area contributed by atoms with Crippen LogP contribution in [-0.2, 0) is 10.2 Å². The van der Waals surface area contributed by atoms with Gasteiger partial charge in [0.25, 0.3) is 5.91 Å². The third kappa shape index (κ3) is 1.68. The topological polar surface area (TPSA) is 64.3 Å². The minimum Gasteiger partial charge on any atom is -0.482 e. The predicted octanol–water partition coefficient (Wildman–Crippen LogP) is 1.79. The first-order valence-electron chi connectivity index (χ1n) is 6.51.